The molecule has 2 heterocycles. The molecule has 0 aliphatic carbocycles. The molecular formula is C19H13ClN2O4. The normalized spacial score (nSPS) is 11.0. The molecule has 0 spiro atoms. The van der Waals surface area contributed by atoms with E-state index in [0.29, 0.717) is 16.5 Å². The molecule has 0 amide bonds. The summed E-state index contributed by atoms with van der Waals surface area (Å²) in [6, 6.07) is 14.4. The maximum Gasteiger partial charge on any atom is 0.375 e. The average Bonchev–Trinajstić information content (AvgIpc) is 3.26. The van der Waals surface area contributed by atoms with Gasteiger partial charge in [0.25, 0.3) is 5.89 Å². The number of aryl methyl sites for hydroxylation is 1. The van der Waals surface area contributed by atoms with E-state index in [0.717, 1.165) is 16.5 Å². The third kappa shape index (κ3) is 3.07. The highest BCUT2D eigenvalue weighted by atomic mass is 35.5. The van der Waals surface area contributed by atoms with Crippen molar-refractivity contribution >= 4 is 28.5 Å². The molecule has 2 aromatic carbocycles. The molecule has 26 heavy (non-hydrogen) atoms. The van der Waals surface area contributed by atoms with Gasteiger partial charge in [-0.15, -0.1) is 10.2 Å². The van der Waals surface area contributed by atoms with Gasteiger partial charge in [-0.2, -0.15) is 0 Å². The third-order valence-corrected chi connectivity index (χ3v) is 4.17. The number of fused-ring (bicyclic) bond motifs is 1. The molecule has 0 unspecified atom stereocenters. The molecular weight excluding hydrogens is 356 g/mol. The number of para-hydroxylation sites is 1. The zero-order valence-electron chi connectivity index (χ0n) is 13.7. The van der Waals surface area contributed by atoms with E-state index in [1.807, 2.05) is 25.1 Å². The fourth-order valence-corrected chi connectivity index (χ4v) is 2.71. The first-order chi connectivity index (χ1) is 12.6. The number of carbonyl (C=O) groups excluding carboxylic acids is 1. The molecule has 0 aliphatic heterocycles. The molecule has 0 radical (unpaired) electrons. The van der Waals surface area contributed by atoms with Crippen molar-refractivity contribution in [2.24, 2.45) is 0 Å². The number of aromatic nitrogens is 2. The van der Waals surface area contributed by atoms with Gasteiger partial charge in [-0.1, -0.05) is 29.8 Å². The lowest BCUT2D eigenvalue weighted by Gasteiger charge is -2.00. The summed E-state index contributed by atoms with van der Waals surface area (Å²) in [4.78, 5) is 12.3. The molecule has 0 aliphatic rings. The summed E-state index contributed by atoms with van der Waals surface area (Å²) in [6.45, 7) is 1.67. The molecule has 0 saturated heterocycles. The minimum absolute atomic E-state index is 0.143. The summed E-state index contributed by atoms with van der Waals surface area (Å²) < 4.78 is 16.3. The van der Waals surface area contributed by atoms with Crippen LogP contribution >= 0.6 is 11.6 Å². The monoisotopic (exact) mass is 368 g/mol. The highest BCUT2D eigenvalue weighted by molar-refractivity contribution is 6.30. The summed E-state index contributed by atoms with van der Waals surface area (Å²) in [7, 11) is 0. The molecule has 6 nitrogen and oxygen atoms in total. The van der Waals surface area contributed by atoms with Crippen molar-refractivity contribution in [2.45, 2.75) is 13.5 Å². The van der Waals surface area contributed by atoms with Gasteiger partial charge >= 0.3 is 5.97 Å². The highest BCUT2D eigenvalue weighted by Gasteiger charge is 2.20. The summed E-state index contributed by atoms with van der Waals surface area (Å²) in [5.41, 5.74) is 2.10. The number of hydrogen-bond acceptors (Lipinski definition) is 6. The number of benzene rings is 2. The van der Waals surface area contributed by atoms with Crippen molar-refractivity contribution in [3.63, 3.8) is 0 Å². The maximum atomic E-state index is 12.3. The minimum Gasteiger partial charge on any atom is -0.450 e. The number of hydrogen-bond donors (Lipinski definition) is 0. The zero-order chi connectivity index (χ0) is 18.1. The van der Waals surface area contributed by atoms with Crippen LogP contribution in [0.5, 0.6) is 0 Å². The molecule has 2 aromatic heterocycles. The van der Waals surface area contributed by atoms with Crippen LogP contribution in [0.2, 0.25) is 5.02 Å². The van der Waals surface area contributed by atoms with Gasteiger partial charge in [-0.25, -0.2) is 4.79 Å². The Bertz CT molecular complexity index is 1080. The first-order valence-corrected chi connectivity index (χ1v) is 8.23. The van der Waals surface area contributed by atoms with E-state index in [1.165, 1.54) is 0 Å². The summed E-state index contributed by atoms with van der Waals surface area (Å²) in [6.07, 6.45) is 0. The zero-order valence-corrected chi connectivity index (χ0v) is 14.5. The van der Waals surface area contributed by atoms with Crippen molar-refractivity contribution in [1.29, 1.82) is 0 Å². The van der Waals surface area contributed by atoms with Crippen LogP contribution in [0.25, 0.3) is 22.4 Å². The van der Waals surface area contributed by atoms with Crippen molar-refractivity contribution in [2.75, 3.05) is 0 Å². The predicted molar refractivity (Wildman–Crippen MR) is 94.8 cm³/mol. The van der Waals surface area contributed by atoms with Gasteiger partial charge in [0.2, 0.25) is 11.7 Å². The lowest BCUT2D eigenvalue weighted by molar-refractivity contribution is 0.0404. The number of furan rings is 1. The molecule has 0 atom stereocenters. The van der Waals surface area contributed by atoms with Crippen molar-refractivity contribution in [1.82, 2.24) is 10.2 Å². The Kier molecular flexibility index (Phi) is 4.18. The van der Waals surface area contributed by atoms with E-state index < -0.39 is 5.97 Å². The van der Waals surface area contributed by atoms with Gasteiger partial charge in [0.1, 0.15) is 5.58 Å². The maximum absolute atomic E-state index is 12.3. The molecule has 0 fully saturated rings. The molecule has 0 N–H and O–H groups in total. The predicted octanol–water partition coefficient (Wildman–Crippen LogP) is 4.80. The fourth-order valence-electron chi connectivity index (χ4n) is 2.58. The van der Waals surface area contributed by atoms with E-state index in [2.05, 4.69) is 10.2 Å². The number of nitrogens with zero attached hydrogens (tertiary/aromatic N) is 2. The first-order valence-electron chi connectivity index (χ1n) is 7.85. The molecule has 130 valence electrons. The van der Waals surface area contributed by atoms with Crippen molar-refractivity contribution in [3.05, 3.63) is 70.8 Å². The van der Waals surface area contributed by atoms with Gasteiger partial charge in [-0.05, 0) is 37.3 Å². The molecule has 0 bridgehead atoms. The summed E-state index contributed by atoms with van der Waals surface area (Å²) in [5, 5.41) is 9.32. The van der Waals surface area contributed by atoms with Gasteiger partial charge in [0.15, 0.2) is 6.61 Å². The lowest BCUT2D eigenvalue weighted by atomic mass is 10.1. The summed E-state index contributed by atoms with van der Waals surface area (Å²) >= 11 is 5.86. The Hall–Kier alpha value is -3.12. The number of carbonyl (C=O) groups is 1. The van der Waals surface area contributed by atoms with Gasteiger partial charge in [-0.3, -0.25) is 0 Å². The number of rotatable bonds is 4. The second-order valence-electron chi connectivity index (χ2n) is 5.64. The lowest BCUT2D eigenvalue weighted by Crippen LogP contribution is -2.05. The SMILES string of the molecule is Cc1c(C(=O)OCc2nnc(-c3ccc(Cl)cc3)o2)oc2ccccc12. The van der Waals surface area contributed by atoms with Crippen LogP contribution in [0.4, 0.5) is 0 Å². The second kappa shape index (κ2) is 6.65. The van der Waals surface area contributed by atoms with Crippen LogP contribution in [-0.2, 0) is 11.3 Å². The van der Waals surface area contributed by atoms with E-state index in [-0.39, 0.29) is 18.3 Å². The Balaban J connectivity index is 1.47. The van der Waals surface area contributed by atoms with E-state index in [1.54, 1.807) is 30.3 Å². The Labute approximate surface area is 153 Å². The Morgan fingerprint density at radius 3 is 2.62 bits per heavy atom. The highest BCUT2D eigenvalue weighted by Crippen LogP contribution is 2.26. The van der Waals surface area contributed by atoms with Crippen molar-refractivity contribution in [3.8, 4) is 11.5 Å². The summed E-state index contributed by atoms with van der Waals surface area (Å²) in [5.74, 6) is 0.110. The van der Waals surface area contributed by atoms with E-state index in [9.17, 15) is 4.79 Å². The van der Waals surface area contributed by atoms with Crippen LogP contribution in [0.3, 0.4) is 0 Å². The molecule has 4 aromatic rings. The Morgan fingerprint density at radius 2 is 1.85 bits per heavy atom. The molecule has 4 rings (SSSR count). The molecule has 7 heteroatoms. The minimum atomic E-state index is -0.579. The third-order valence-electron chi connectivity index (χ3n) is 3.91. The van der Waals surface area contributed by atoms with E-state index in [4.69, 9.17) is 25.2 Å². The largest absolute Gasteiger partial charge is 0.450 e. The second-order valence-corrected chi connectivity index (χ2v) is 6.07. The number of ether oxygens (including phenoxy) is 1. The molecule has 0 saturated carbocycles. The standard InChI is InChI=1S/C19H13ClN2O4/c1-11-14-4-2-3-5-15(14)25-17(11)19(23)24-10-16-21-22-18(26-16)12-6-8-13(20)9-7-12/h2-9H,10H2,1H3. The van der Waals surface area contributed by atoms with Crippen LogP contribution in [-0.4, -0.2) is 16.2 Å². The number of esters is 1. The van der Waals surface area contributed by atoms with Crippen LogP contribution in [0.15, 0.2) is 57.4 Å². The van der Waals surface area contributed by atoms with Gasteiger partial charge in [0, 0.05) is 21.5 Å². The van der Waals surface area contributed by atoms with Crippen LogP contribution in [0.1, 0.15) is 22.0 Å². The first kappa shape index (κ1) is 16.4. The van der Waals surface area contributed by atoms with Crippen molar-refractivity contribution < 1.29 is 18.4 Å². The average molecular weight is 369 g/mol. The topological polar surface area (TPSA) is 78.4 Å². The van der Waals surface area contributed by atoms with Gasteiger partial charge in [0.05, 0.1) is 0 Å². The fraction of sp³-hybridized carbons (Fsp3) is 0.105. The Morgan fingerprint density at radius 1 is 1.08 bits per heavy atom. The van der Waals surface area contributed by atoms with E-state index >= 15 is 0 Å². The van der Waals surface area contributed by atoms with Crippen LogP contribution < -0.4 is 0 Å². The number of halogens is 1. The van der Waals surface area contributed by atoms with Gasteiger partial charge < -0.3 is 13.6 Å². The van der Waals surface area contributed by atoms with Crippen LogP contribution in [0, 0.1) is 6.92 Å². The smallest absolute Gasteiger partial charge is 0.375 e. The quantitative estimate of drug-likeness (QED) is 0.481.